The minimum absolute atomic E-state index is 0.142. The Hall–Kier alpha value is -3.10. The Morgan fingerprint density at radius 1 is 1.15 bits per heavy atom. The number of rotatable bonds is 6. The summed E-state index contributed by atoms with van der Waals surface area (Å²) in [6, 6.07) is 13.7. The Morgan fingerprint density at radius 3 is 2.73 bits per heavy atom. The normalized spacial score (nSPS) is 13.0. The van der Waals surface area contributed by atoms with Gasteiger partial charge in [-0.2, -0.15) is 0 Å². The molecule has 0 fully saturated rings. The SMILES string of the molecule is COc1ccc(NC(=O)CSc2nc3scc(-c4ccc5c(c4)CCCC5)c3c(=O)[nH]2)cc1. The summed E-state index contributed by atoms with van der Waals surface area (Å²) in [7, 11) is 1.60. The summed E-state index contributed by atoms with van der Waals surface area (Å²) in [6.45, 7) is 0. The van der Waals surface area contributed by atoms with Gasteiger partial charge < -0.3 is 15.0 Å². The van der Waals surface area contributed by atoms with Crippen molar-refractivity contribution in [2.75, 3.05) is 18.2 Å². The lowest BCUT2D eigenvalue weighted by molar-refractivity contribution is -0.113. The van der Waals surface area contributed by atoms with Crippen molar-refractivity contribution in [3.05, 3.63) is 69.3 Å². The molecule has 0 aliphatic heterocycles. The standard InChI is InChI=1S/C25H23N3O3S2/c1-31-19-10-8-18(9-11-19)26-21(29)14-33-25-27-23(30)22-20(13-32-24(22)28-25)17-7-6-15-4-2-3-5-16(15)12-17/h6-13H,2-5,14H2,1H3,(H,26,29)(H,27,28,30). The van der Waals surface area contributed by atoms with Crippen LogP contribution in [-0.4, -0.2) is 28.7 Å². The average Bonchev–Trinajstić information content (AvgIpc) is 3.28. The lowest BCUT2D eigenvalue weighted by Gasteiger charge is -2.16. The molecule has 0 radical (unpaired) electrons. The Kier molecular flexibility index (Phi) is 6.20. The second-order valence-electron chi connectivity index (χ2n) is 7.96. The lowest BCUT2D eigenvalue weighted by atomic mass is 9.89. The highest BCUT2D eigenvalue weighted by Gasteiger charge is 2.16. The highest BCUT2D eigenvalue weighted by atomic mass is 32.2. The Labute approximate surface area is 199 Å². The van der Waals surface area contributed by atoms with Crippen LogP contribution in [0.15, 0.2) is 57.8 Å². The molecule has 2 aromatic carbocycles. The molecule has 1 aliphatic rings. The van der Waals surface area contributed by atoms with Gasteiger partial charge in [-0.3, -0.25) is 9.59 Å². The number of fused-ring (bicyclic) bond motifs is 2. The van der Waals surface area contributed by atoms with E-state index < -0.39 is 0 Å². The van der Waals surface area contributed by atoms with Gasteiger partial charge >= 0.3 is 0 Å². The fraction of sp³-hybridized carbons (Fsp3) is 0.240. The first-order valence-corrected chi connectivity index (χ1v) is 12.7. The zero-order valence-corrected chi connectivity index (χ0v) is 19.8. The van der Waals surface area contributed by atoms with E-state index in [1.807, 2.05) is 5.38 Å². The van der Waals surface area contributed by atoms with E-state index in [1.54, 1.807) is 31.4 Å². The fourth-order valence-electron chi connectivity index (χ4n) is 4.12. The number of nitrogens with zero attached hydrogens (tertiary/aromatic N) is 1. The van der Waals surface area contributed by atoms with E-state index in [0.29, 0.717) is 21.1 Å². The average molecular weight is 478 g/mol. The molecule has 0 saturated heterocycles. The van der Waals surface area contributed by atoms with Gasteiger partial charge in [0.2, 0.25) is 5.91 Å². The number of carbonyl (C=O) groups excluding carboxylic acids is 1. The van der Waals surface area contributed by atoms with Crippen molar-refractivity contribution >= 4 is 44.9 Å². The second kappa shape index (κ2) is 9.41. The lowest BCUT2D eigenvalue weighted by Crippen LogP contribution is -2.15. The second-order valence-corrected chi connectivity index (χ2v) is 9.78. The molecule has 0 saturated carbocycles. The zero-order valence-electron chi connectivity index (χ0n) is 18.1. The number of H-pyrrole nitrogens is 1. The number of anilines is 1. The van der Waals surface area contributed by atoms with Crippen LogP contribution in [0.1, 0.15) is 24.0 Å². The van der Waals surface area contributed by atoms with Crippen molar-refractivity contribution in [3.63, 3.8) is 0 Å². The first-order chi connectivity index (χ1) is 16.1. The highest BCUT2D eigenvalue weighted by molar-refractivity contribution is 7.99. The minimum atomic E-state index is -0.174. The number of thiophene rings is 1. The molecule has 33 heavy (non-hydrogen) atoms. The molecular formula is C25H23N3O3S2. The van der Waals surface area contributed by atoms with E-state index >= 15 is 0 Å². The maximum atomic E-state index is 12.9. The number of thioether (sulfide) groups is 1. The molecule has 2 aromatic heterocycles. The molecule has 1 amide bonds. The molecule has 0 spiro atoms. The molecular weight excluding hydrogens is 454 g/mol. The van der Waals surface area contributed by atoms with Gasteiger partial charge in [-0.1, -0.05) is 30.0 Å². The molecule has 0 bridgehead atoms. The molecule has 2 heterocycles. The van der Waals surface area contributed by atoms with Crippen molar-refractivity contribution in [1.82, 2.24) is 9.97 Å². The van der Waals surface area contributed by atoms with Crippen LogP contribution in [0.2, 0.25) is 0 Å². The van der Waals surface area contributed by atoms with Crippen molar-refractivity contribution < 1.29 is 9.53 Å². The number of aromatic nitrogens is 2. The largest absolute Gasteiger partial charge is 0.497 e. The third-order valence-corrected chi connectivity index (χ3v) is 7.54. The highest BCUT2D eigenvalue weighted by Crippen LogP contribution is 2.34. The molecule has 8 heteroatoms. The van der Waals surface area contributed by atoms with Crippen LogP contribution < -0.4 is 15.6 Å². The number of aromatic amines is 1. The molecule has 0 unspecified atom stereocenters. The molecule has 0 atom stereocenters. The summed E-state index contributed by atoms with van der Waals surface area (Å²) in [6.07, 6.45) is 4.69. The summed E-state index contributed by atoms with van der Waals surface area (Å²) < 4.78 is 5.12. The van der Waals surface area contributed by atoms with Crippen LogP contribution in [0.4, 0.5) is 5.69 Å². The summed E-state index contributed by atoms with van der Waals surface area (Å²) in [5.41, 5.74) is 5.30. The summed E-state index contributed by atoms with van der Waals surface area (Å²) >= 11 is 2.67. The minimum Gasteiger partial charge on any atom is -0.497 e. The van der Waals surface area contributed by atoms with Crippen LogP contribution in [0.3, 0.4) is 0 Å². The van der Waals surface area contributed by atoms with Crippen molar-refractivity contribution in [2.24, 2.45) is 0 Å². The van der Waals surface area contributed by atoms with Gasteiger partial charge in [0, 0.05) is 16.6 Å². The first kappa shape index (κ1) is 21.7. The molecule has 6 nitrogen and oxygen atoms in total. The van der Waals surface area contributed by atoms with Gasteiger partial charge in [-0.25, -0.2) is 4.98 Å². The Balaban J connectivity index is 1.32. The van der Waals surface area contributed by atoms with E-state index in [1.165, 1.54) is 47.1 Å². The van der Waals surface area contributed by atoms with E-state index in [-0.39, 0.29) is 17.2 Å². The van der Waals surface area contributed by atoms with Crippen molar-refractivity contribution in [2.45, 2.75) is 30.8 Å². The number of methoxy groups -OCH3 is 1. The molecule has 5 rings (SSSR count). The van der Waals surface area contributed by atoms with E-state index in [2.05, 4.69) is 33.5 Å². The zero-order chi connectivity index (χ0) is 22.8. The fourth-order valence-corrected chi connectivity index (χ4v) is 5.78. The number of carbonyl (C=O) groups is 1. The van der Waals surface area contributed by atoms with Crippen LogP contribution in [0.25, 0.3) is 21.3 Å². The molecule has 2 N–H and O–H groups in total. The Morgan fingerprint density at radius 2 is 1.94 bits per heavy atom. The number of ether oxygens (including phenoxy) is 1. The van der Waals surface area contributed by atoms with Crippen LogP contribution >= 0.6 is 23.1 Å². The maximum Gasteiger partial charge on any atom is 0.260 e. The van der Waals surface area contributed by atoms with Gasteiger partial charge in [0.1, 0.15) is 10.6 Å². The number of hydrogen-bond acceptors (Lipinski definition) is 6. The van der Waals surface area contributed by atoms with Gasteiger partial charge in [-0.05, 0) is 66.6 Å². The van der Waals surface area contributed by atoms with Gasteiger partial charge in [-0.15, -0.1) is 11.3 Å². The van der Waals surface area contributed by atoms with Crippen LogP contribution in [0.5, 0.6) is 5.75 Å². The summed E-state index contributed by atoms with van der Waals surface area (Å²) in [5, 5.41) is 5.89. The predicted octanol–water partition coefficient (Wildman–Crippen LogP) is 5.27. The topological polar surface area (TPSA) is 84.1 Å². The number of hydrogen-bond donors (Lipinski definition) is 2. The van der Waals surface area contributed by atoms with Crippen molar-refractivity contribution in [1.29, 1.82) is 0 Å². The van der Waals surface area contributed by atoms with Crippen molar-refractivity contribution in [3.8, 4) is 16.9 Å². The van der Waals surface area contributed by atoms with Gasteiger partial charge in [0.15, 0.2) is 5.16 Å². The smallest absolute Gasteiger partial charge is 0.260 e. The molecule has 4 aromatic rings. The van der Waals surface area contributed by atoms with E-state index in [0.717, 1.165) is 29.7 Å². The third kappa shape index (κ3) is 4.67. The predicted molar refractivity (Wildman–Crippen MR) is 135 cm³/mol. The van der Waals surface area contributed by atoms with Gasteiger partial charge in [0.05, 0.1) is 18.2 Å². The summed E-state index contributed by atoms with van der Waals surface area (Å²) in [4.78, 5) is 33.4. The Bertz CT molecular complexity index is 1380. The van der Waals surface area contributed by atoms with Crippen LogP contribution in [-0.2, 0) is 17.6 Å². The quantitative estimate of drug-likeness (QED) is 0.292. The molecule has 1 aliphatic carbocycles. The van der Waals surface area contributed by atoms with E-state index in [4.69, 9.17) is 4.74 Å². The number of amides is 1. The summed E-state index contributed by atoms with van der Waals surface area (Å²) in [5.74, 6) is 0.695. The van der Waals surface area contributed by atoms with Gasteiger partial charge in [0.25, 0.3) is 5.56 Å². The monoisotopic (exact) mass is 477 g/mol. The third-order valence-electron chi connectivity index (χ3n) is 5.80. The van der Waals surface area contributed by atoms with E-state index in [9.17, 15) is 9.59 Å². The number of nitrogens with one attached hydrogen (secondary N) is 2. The molecule has 168 valence electrons. The maximum absolute atomic E-state index is 12.9. The number of benzene rings is 2. The van der Waals surface area contributed by atoms with Crippen LogP contribution in [0, 0.1) is 0 Å². The first-order valence-electron chi connectivity index (χ1n) is 10.8. The number of aryl methyl sites for hydroxylation is 2.